The minimum Gasteiger partial charge on any atom is -0.381 e. The zero-order valence-corrected chi connectivity index (χ0v) is 16.1. The molecule has 3 aliphatic rings. The molecule has 156 valence electrons. The van der Waals surface area contributed by atoms with Gasteiger partial charge in [-0.25, -0.2) is 4.98 Å². The smallest absolute Gasteiger partial charge is 0.381 e. The first-order valence-electron chi connectivity index (χ1n) is 9.42. The SMILES string of the molecule is O=C(C1CCOCC1)N1CC2CC1CN2c1ncc(-c2noc(C(F)(F)F)n2)s1. The number of hydrogen-bond acceptors (Lipinski definition) is 8. The topological polar surface area (TPSA) is 84.6 Å². The van der Waals surface area contributed by atoms with Crippen molar-refractivity contribution in [2.45, 2.75) is 37.5 Å². The van der Waals surface area contributed by atoms with Crippen molar-refractivity contribution in [1.29, 1.82) is 0 Å². The highest BCUT2D eigenvalue weighted by Gasteiger charge is 2.47. The molecular formula is C17H18F3N5O3S. The predicted octanol–water partition coefficient (Wildman–Crippen LogP) is 2.43. The summed E-state index contributed by atoms with van der Waals surface area (Å²) in [5.41, 5.74) is 0. The van der Waals surface area contributed by atoms with Crippen LogP contribution in [0.1, 0.15) is 25.2 Å². The number of anilines is 1. The number of hydrogen-bond donors (Lipinski definition) is 0. The highest BCUT2D eigenvalue weighted by atomic mass is 32.1. The van der Waals surface area contributed by atoms with Gasteiger partial charge in [-0.15, -0.1) is 0 Å². The number of rotatable bonds is 3. The van der Waals surface area contributed by atoms with E-state index in [4.69, 9.17) is 4.74 Å². The van der Waals surface area contributed by atoms with Crippen LogP contribution >= 0.6 is 11.3 Å². The number of likely N-dealkylation sites (tertiary alicyclic amines) is 1. The van der Waals surface area contributed by atoms with Crippen molar-refractivity contribution < 1.29 is 27.2 Å². The quantitative estimate of drug-likeness (QED) is 0.741. The van der Waals surface area contributed by atoms with Gasteiger partial charge >= 0.3 is 12.1 Å². The van der Waals surface area contributed by atoms with Gasteiger partial charge in [-0.3, -0.25) is 4.79 Å². The summed E-state index contributed by atoms with van der Waals surface area (Å²) in [6.07, 6.45) is -0.784. The summed E-state index contributed by atoms with van der Waals surface area (Å²) in [6, 6.07) is 0.309. The molecule has 0 radical (unpaired) electrons. The molecule has 2 atom stereocenters. The van der Waals surface area contributed by atoms with E-state index in [-0.39, 0.29) is 29.7 Å². The third-order valence-electron chi connectivity index (χ3n) is 5.72. The fourth-order valence-electron chi connectivity index (χ4n) is 4.29. The van der Waals surface area contributed by atoms with Crippen LogP contribution in [0.5, 0.6) is 0 Å². The van der Waals surface area contributed by atoms with E-state index in [9.17, 15) is 18.0 Å². The van der Waals surface area contributed by atoms with E-state index in [1.807, 2.05) is 4.90 Å². The van der Waals surface area contributed by atoms with Crippen LogP contribution in [0.3, 0.4) is 0 Å². The first kappa shape index (κ1) is 18.8. The highest BCUT2D eigenvalue weighted by Crippen LogP contribution is 2.39. The van der Waals surface area contributed by atoms with E-state index >= 15 is 0 Å². The number of aromatic nitrogens is 3. The van der Waals surface area contributed by atoms with Gasteiger partial charge in [0.2, 0.25) is 11.7 Å². The van der Waals surface area contributed by atoms with Crippen molar-refractivity contribution in [3.8, 4) is 10.7 Å². The maximum absolute atomic E-state index is 12.8. The van der Waals surface area contributed by atoms with Crippen molar-refractivity contribution in [2.75, 3.05) is 31.2 Å². The zero-order valence-electron chi connectivity index (χ0n) is 15.3. The molecule has 0 N–H and O–H groups in total. The first-order valence-corrected chi connectivity index (χ1v) is 10.2. The molecule has 5 rings (SSSR count). The van der Waals surface area contributed by atoms with Crippen molar-refractivity contribution in [2.24, 2.45) is 5.92 Å². The lowest BCUT2D eigenvalue weighted by Gasteiger charge is -2.36. The monoisotopic (exact) mass is 429 g/mol. The summed E-state index contributed by atoms with van der Waals surface area (Å²) >= 11 is 1.23. The zero-order chi connectivity index (χ0) is 20.2. The Morgan fingerprint density at radius 2 is 2.00 bits per heavy atom. The number of ether oxygens (including phenoxy) is 1. The molecule has 3 aliphatic heterocycles. The van der Waals surface area contributed by atoms with Crippen LogP contribution in [0.15, 0.2) is 10.7 Å². The Hall–Kier alpha value is -2.21. The fraction of sp³-hybridized carbons (Fsp3) is 0.647. The van der Waals surface area contributed by atoms with Crippen LogP contribution in [0, 0.1) is 5.92 Å². The average Bonchev–Trinajstić information content (AvgIpc) is 3.49. The van der Waals surface area contributed by atoms with Crippen LogP contribution in [0.25, 0.3) is 10.7 Å². The molecule has 2 bridgehead atoms. The highest BCUT2D eigenvalue weighted by molar-refractivity contribution is 7.18. The van der Waals surface area contributed by atoms with E-state index in [0.29, 0.717) is 36.3 Å². The third kappa shape index (κ3) is 3.37. The Kier molecular flexibility index (Phi) is 4.50. The molecule has 0 aliphatic carbocycles. The van der Waals surface area contributed by atoms with Gasteiger partial charge < -0.3 is 19.1 Å². The average molecular weight is 429 g/mol. The summed E-state index contributed by atoms with van der Waals surface area (Å²) in [5, 5.41) is 4.11. The number of fused-ring (bicyclic) bond motifs is 2. The number of carbonyl (C=O) groups is 1. The standard InChI is InChI=1S/C17H18F3N5O3S/c18-17(19,20)15-22-13(23-28-15)12-6-21-16(29-12)25-8-10-5-11(25)7-24(10)14(26)9-1-3-27-4-2-9/h6,9-11H,1-5,7-8H2. The number of alkyl halides is 3. The number of amides is 1. The largest absolute Gasteiger partial charge is 0.471 e. The molecule has 3 saturated heterocycles. The number of carbonyl (C=O) groups excluding carboxylic acids is 1. The molecule has 0 saturated carbocycles. The maximum Gasteiger partial charge on any atom is 0.471 e. The Balaban J connectivity index is 1.26. The van der Waals surface area contributed by atoms with Crippen molar-refractivity contribution in [3.05, 3.63) is 12.1 Å². The molecule has 2 aromatic heterocycles. The van der Waals surface area contributed by atoms with E-state index < -0.39 is 12.1 Å². The summed E-state index contributed by atoms with van der Waals surface area (Å²) in [4.78, 5) is 25.1. The second-order valence-corrected chi connectivity index (χ2v) is 8.51. The van der Waals surface area contributed by atoms with Crippen LogP contribution in [-0.2, 0) is 15.7 Å². The van der Waals surface area contributed by atoms with Crippen molar-refractivity contribution >= 4 is 22.4 Å². The first-order chi connectivity index (χ1) is 13.9. The number of nitrogens with zero attached hydrogens (tertiary/aromatic N) is 5. The molecule has 5 heterocycles. The van der Waals surface area contributed by atoms with Gasteiger partial charge in [0.1, 0.15) is 0 Å². The molecule has 3 fully saturated rings. The van der Waals surface area contributed by atoms with E-state index in [1.54, 1.807) is 0 Å². The molecule has 0 aromatic carbocycles. The minimum atomic E-state index is -4.67. The molecule has 8 nitrogen and oxygen atoms in total. The van der Waals surface area contributed by atoms with Gasteiger partial charge in [-0.1, -0.05) is 16.5 Å². The number of halogens is 3. The van der Waals surface area contributed by atoms with Gasteiger partial charge in [0.05, 0.1) is 23.2 Å². The van der Waals surface area contributed by atoms with Crippen LogP contribution < -0.4 is 4.90 Å². The lowest BCUT2D eigenvalue weighted by atomic mass is 9.98. The van der Waals surface area contributed by atoms with Crippen LogP contribution in [0.4, 0.5) is 18.3 Å². The number of thiazole rings is 1. The van der Waals surface area contributed by atoms with E-state index in [1.165, 1.54) is 17.5 Å². The lowest BCUT2D eigenvalue weighted by molar-refractivity contribution is -0.159. The summed E-state index contributed by atoms with van der Waals surface area (Å²) in [7, 11) is 0. The molecule has 2 unspecified atom stereocenters. The second-order valence-electron chi connectivity index (χ2n) is 7.50. The van der Waals surface area contributed by atoms with Gasteiger partial charge in [0, 0.05) is 32.2 Å². The van der Waals surface area contributed by atoms with Crippen LogP contribution in [-0.4, -0.2) is 64.3 Å². The Morgan fingerprint density at radius 1 is 1.21 bits per heavy atom. The van der Waals surface area contributed by atoms with Gasteiger partial charge in [-0.05, 0) is 19.3 Å². The molecule has 12 heteroatoms. The fourth-order valence-corrected chi connectivity index (χ4v) is 5.21. The Bertz CT molecular complexity index is 910. The van der Waals surface area contributed by atoms with Crippen LogP contribution in [0.2, 0.25) is 0 Å². The Morgan fingerprint density at radius 3 is 2.66 bits per heavy atom. The Labute approximate surface area is 167 Å². The molecular weight excluding hydrogens is 411 g/mol. The normalized spacial score (nSPS) is 25.2. The molecule has 1 amide bonds. The molecule has 29 heavy (non-hydrogen) atoms. The summed E-state index contributed by atoms with van der Waals surface area (Å²) in [5.74, 6) is -1.23. The molecule has 2 aromatic rings. The summed E-state index contributed by atoms with van der Waals surface area (Å²) in [6.45, 7) is 2.60. The van der Waals surface area contributed by atoms with Gasteiger partial charge in [-0.2, -0.15) is 18.2 Å². The third-order valence-corrected chi connectivity index (χ3v) is 6.75. The minimum absolute atomic E-state index is 0.0454. The van der Waals surface area contributed by atoms with Gasteiger partial charge in [0.15, 0.2) is 5.13 Å². The summed E-state index contributed by atoms with van der Waals surface area (Å²) < 4.78 is 47.6. The van der Waals surface area contributed by atoms with Crippen molar-refractivity contribution in [3.63, 3.8) is 0 Å². The maximum atomic E-state index is 12.8. The van der Waals surface area contributed by atoms with Gasteiger partial charge in [0.25, 0.3) is 0 Å². The number of piperazine rings is 1. The van der Waals surface area contributed by atoms with E-state index in [0.717, 1.165) is 19.3 Å². The van der Waals surface area contributed by atoms with E-state index in [2.05, 4.69) is 24.5 Å². The lowest BCUT2D eigenvalue weighted by Crippen LogP contribution is -2.51. The molecule has 0 spiro atoms. The second kappa shape index (κ2) is 6.94. The van der Waals surface area contributed by atoms with Crippen molar-refractivity contribution in [1.82, 2.24) is 20.0 Å². The predicted molar refractivity (Wildman–Crippen MR) is 95.2 cm³/mol.